The van der Waals surface area contributed by atoms with Crippen molar-refractivity contribution in [2.75, 3.05) is 20.0 Å². The number of ether oxygens (including phenoxy) is 2. The Hall–Kier alpha value is -1.69. The summed E-state index contributed by atoms with van der Waals surface area (Å²) in [6.45, 7) is 4.24. The zero-order valence-corrected chi connectivity index (χ0v) is 13.5. The van der Waals surface area contributed by atoms with Gasteiger partial charge in [-0.3, -0.25) is 5.10 Å². The number of H-pyrrole nitrogens is 1. The summed E-state index contributed by atoms with van der Waals surface area (Å²) in [6, 6.07) is 3.74. The Morgan fingerprint density at radius 2 is 1.95 bits per heavy atom. The summed E-state index contributed by atoms with van der Waals surface area (Å²) in [5.74, 6) is 2.10. The second-order valence-corrected chi connectivity index (χ2v) is 5.54. The second kappa shape index (κ2) is 5.75. The van der Waals surface area contributed by atoms with Gasteiger partial charge >= 0.3 is 0 Å². The number of rotatable bonds is 4. The average molecular weight is 340 g/mol. The van der Waals surface area contributed by atoms with E-state index in [0.29, 0.717) is 23.2 Å². The summed E-state index contributed by atoms with van der Waals surface area (Å²) in [7, 11) is 3.24. The van der Waals surface area contributed by atoms with Crippen LogP contribution in [-0.4, -0.2) is 24.4 Å². The Balaban J connectivity index is 2.75. The maximum atomic E-state index is 5.70. The fourth-order valence-electron chi connectivity index (χ4n) is 2.23. The monoisotopic (exact) mass is 339 g/mol. The van der Waals surface area contributed by atoms with Crippen molar-refractivity contribution in [1.82, 2.24) is 10.2 Å². The number of nitrogens with two attached hydrogens (primary N) is 1. The van der Waals surface area contributed by atoms with Crippen LogP contribution in [0.15, 0.2) is 16.6 Å². The number of aromatic amines is 1. The lowest BCUT2D eigenvalue weighted by molar-refractivity contribution is 0.352. The molecule has 6 heteroatoms. The van der Waals surface area contributed by atoms with Gasteiger partial charge in [0, 0.05) is 11.6 Å². The molecule has 5 nitrogen and oxygen atoms in total. The third-order valence-corrected chi connectivity index (χ3v) is 3.90. The average Bonchev–Trinajstić information content (AvgIpc) is 2.83. The van der Waals surface area contributed by atoms with Crippen molar-refractivity contribution in [1.29, 1.82) is 0 Å². The quantitative estimate of drug-likeness (QED) is 0.893. The number of anilines is 1. The Bertz CT molecular complexity index is 623. The van der Waals surface area contributed by atoms with Gasteiger partial charge < -0.3 is 15.2 Å². The summed E-state index contributed by atoms with van der Waals surface area (Å²) in [5, 5.41) is 6.93. The Morgan fingerprint density at radius 1 is 1.25 bits per heavy atom. The minimum atomic E-state index is 0.295. The first-order valence-electron chi connectivity index (χ1n) is 6.25. The highest BCUT2D eigenvalue weighted by molar-refractivity contribution is 9.10. The summed E-state index contributed by atoms with van der Waals surface area (Å²) >= 11 is 3.62. The van der Waals surface area contributed by atoms with E-state index in [0.717, 1.165) is 21.3 Å². The lowest BCUT2D eigenvalue weighted by atomic mass is 9.94. The van der Waals surface area contributed by atoms with Gasteiger partial charge in [0.25, 0.3) is 0 Å². The molecule has 108 valence electrons. The van der Waals surface area contributed by atoms with Crippen LogP contribution in [0, 0.1) is 0 Å². The van der Waals surface area contributed by atoms with Gasteiger partial charge in [0.15, 0.2) is 11.5 Å². The maximum absolute atomic E-state index is 5.70. The van der Waals surface area contributed by atoms with Crippen LogP contribution in [0.5, 0.6) is 11.5 Å². The van der Waals surface area contributed by atoms with E-state index in [4.69, 9.17) is 15.2 Å². The van der Waals surface area contributed by atoms with Crippen molar-refractivity contribution >= 4 is 21.7 Å². The number of hydrogen-bond donors (Lipinski definition) is 2. The third kappa shape index (κ3) is 2.47. The van der Waals surface area contributed by atoms with E-state index in [-0.39, 0.29) is 0 Å². The van der Waals surface area contributed by atoms with Gasteiger partial charge in [0.1, 0.15) is 5.82 Å². The molecule has 0 saturated carbocycles. The summed E-state index contributed by atoms with van der Waals surface area (Å²) in [5.41, 5.74) is 8.66. The van der Waals surface area contributed by atoms with Crippen LogP contribution >= 0.6 is 15.9 Å². The molecular weight excluding hydrogens is 322 g/mol. The highest BCUT2D eigenvalue weighted by atomic mass is 79.9. The van der Waals surface area contributed by atoms with Gasteiger partial charge in [-0.2, -0.15) is 5.10 Å². The van der Waals surface area contributed by atoms with Crippen LogP contribution in [0.1, 0.15) is 25.3 Å². The van der Waals surface area contributed by atoms with Gasteiger partial charge in [-0.1, -0.05) is 13.8 Å². The number of nitrogens with zero attached hydrogens (tertiary/aromatic N) is 1. The summed E-state index contributed by atoms with van der Waals surface area (Å²) in [6.07, 6.45) is 0. The fraction of sp³-hybridized carbons (Fsp3) is 0.357. The molecule has 0 bridgehead atoms. The van der Waals surface area contributed by atoms with Gasteiger partial charge in [0.2, 0.25) is 0 Å². The van der Waals surface area contributed by atoms with Gasteiger partial charge in [-0.15, -0.1) is 0 Å². The molecule has 1 aromatic heterocycles. The predicted molar refractivity (Wildman–Crippen MR) is 83.3 cm³/mol. The maximum Gasteiger partial charge on any atom is 0.175 e. The van der Waals surface area contributed by atoms with Crippen molar-refractivity contribution in [2.24, 2.45) is 0 Å². The van der Waals surface area contributed by atoms with Gasteiger partial charge in [-0.25, -0.2) is 0 Å². The molecule has 0 radical (unpaired) electrons. The van der Waals surface area contributed by atoms with E-state index in [1.54, 1.807) is 20.3 Å². The summed E-state index contributed by atoms with van der Waals surface area (Å²) < 4.78 is 11.7. The lowest BCUT2D eigenvalue weighted by Crippen LogP contribution is -2.00. The van der Waals surface area contributed by atoms with Crippen LogP contribution in [0.3, 0.4) is 0 Å². The molecule has 0 amide bonds. The SMILES string of the molecule is COc1cc(-c2cc(N)n[nH]2)c(C(C)C)c(Br)c1OC. The Kier molecular flexibility index (Phi) is 4.23. The van der Waals surface area contributed by atoms with Crippen LogP contribution in [-0.2, 0) is 0 Å². The predicted octanol–water partition coefficient (Wildman–Crippen LogP) is 3.56. The van der Waals surface area contributed by atoms with Crippen LogP contribution < -0.4 is 15.2 Å². The molecule has 1 heterocycles. The first-order valence-corrected chi connectivity index (χ1v) is 7.04. The Morgan fingerprint density at radius 3 is 2.40 bits per heavy atom. The molecule has 0 spiro atoms. The number of methoxy groups -OCH3 is 2. The molecule has 0 unspecified atom stereocenters. The number of hydrogen-bond acceptors (Lipinski definition) is 4. The molecule has 0 aliphatic heterocycles. The van der Waals surface area contributed by atoms with Gasteiger partial charge in [0.05, 0.1) is 24.4 Å². The zero-order valence-electron chi connectivity index (χ0n) is 12.0. The molecule has 2 aromatic rings. The first-order chi connectivity index (χ1) is 9.49. The molecule has 0 aliphatic carbocycles. The highest BCUT2D eigenvalue weighted by Gasteiger charge is 2.21. The van der Waals surface area contributed by atoms with Gasteiger partial charge in [-0.05, 0) is 33.5 Å². The lowest BCUT2D eigenvalue weighted by Gasteiger charge is -2.19. The second-order valence-electron chi connectivity index (χ2n) is 4.75. The Labute approximate surface area is 126 Å². The van der Waals surface area contributed by atoms with Crippen molar-refractivity contribution in [2.45, 2.75) is 19.8 Å². The van der Waals surface area contributed by atoms with E-state index in [1.807, 2.05) is 6.07 Å². The third-order valence-electron chi connectivity index (χ3n) is 3.11. The van der Waals surface area contributed by atoms with Crippen LogP contribution in [0.4, 0.5) is 5.82 Å². The molecular formula is C14H18BrN3O2. The van der Waals surface area contributed by atoms with Crippen LogP contribution in [0.25, 0.3) is 11.3 Å². The van der Waals surface area contributed by atoms with E-state index >= 15 is 0 Å². The molecule has 0 fully saturated rings. The summed E-state index contributed by atoms with van der Waals surface area (Å²) in [4.78, 5) is 0. The standard InChI is InChI=1S/C14H18BrN3O2/c1-7(2)12-8(9-6-11(16)18-17-9)5-10(19-3)14(20-4)13(12)15/h5-7H,1-4H3,(H3,16,17,18). The number of halogens is 1. The van der Waals surface area contributed by atoms with E-state index in [1.165, 1.54) is 0 Å². The topological polar surface area (TPSA) is 73.2 Å². The number of aromatic nitrogens is 2. The van der Waals surface area contributed by atoms with Crippen molar-refractivity contribution in [3.8, 4) is 22.8 Å². The fourth-order valence-corrected chi connectivity index (χ4v) is 3.26. The number of nitrogens with one attached hydrogen (secondary N) is 1. The van der Waals surface area contributed by atoms with E-state index < -0.39 is 0 Å². The molecule has 0 atom stereocenters. The van der Waals surface area contributed by atoms with E-state index in [9.17, 15) is 0 Å². The van der Waals surface area contributed by atoms with Crippen molar-refractivity contribution in [3.05, 3.63) is 22.2 Å². The van der Waals surface area contributed by atoms with Crippen molar-refractivity contribution < 1.29 is 9.47 Å². The largest absolute Gasteiger partial charge is 0.493 e. The molecule has 20 heavy (non-hydrogen) atoms. The molecule has 3 N–H and O–H groups in total. The first kappa shape index (κ1) is 14.7. The van der Waals surface area contributed by atoms with Crippen molar-refractivity contribution in [3.63, 3.8) is 0 Å². The molecule has 0 saturated heterocycles. The minimum absolute atomic E-state index is 0.295. The normalized spacial score (nSPS) is 10.9. The minimum Gasteiger partial charge on any atom is -0.493 e. The highest BCUT2D eigenvalue weighted by Crippen LogP contribution is 2.45. The van der Waals surface area contributed by atoms with Crippen LogP contribution in [0.2, 0.25) is 0 Å². The number of nitrogen functional groups attached to an aromatic ring is 1. The zero-order chi connectivity index (χ0) is 14.9. The smallest absolute Gasteiger partial charge is 0.175 e. The molecule has 2 rings (SSSR count). The molecule has 1 aromatic carbocycles. The van der Waals surface area contributed by atoms with E-state index in [2.05, 4.69) is 40.0 Å². The number of benzene rings is 1. The molecule has 0 aliphatic rings.